The van der Waals surface area contributed by atoms with Crippen LogP contribution in [0.15, 0.2) is 46.2 Å². The Morgan fingerprint density at radius 3 is 1.87 bits per heavy atom. The minimum Gasteiger partial charge on any atom is -0.459 e. The summed E-state index contributed by atoms with van der Waals surface area (Å²) >= 11 is 0. The lowest BCUT2D eigenvalue weighted by molar-refractivity contribution is -0.152. The van der Waals surface area contributed by atoms with Crippen LogP contribution in [-0.2, 0) is 34.4 Å². The maximum absolute atomic E-state index is 13.0. The minimum absolute atomic E-state index is 0.0162. The Kier molecular flexibility index (Phi) is 8.56. The lowest BCUT2D eigenvalue weighted by Gasteiger charge is -2.09. The lowest BCUT2D eigenvalue weighted by Crippen LogP contribution is -2.26. The Morgan fingerprint density at radius 2 is 1.42 bits per heavy atom. The third kappa shape index (κ3) is 7.89. The van der Waals surface area contributed by atoms with Gasteiger partial charge >= 0.3 is 11.9 Å². The molecule has 15 heteroatoms. The van der Waals surface area contributed by atoms with Crippen LogP contribution in [-0.4, -0.2) is 35.3 Å². The van der Waals surface area contributed by atoms with Gasteiger partial charge in [0.05, 0.1) is 18.0 Å². The summed E-state index contributed by atoms with van der Waals surface area (Å²) in [4.78, 5) is 21.4. The smallest absolute Gasteiger partial charge is 0.397 e. The molecule has 0 saturated heterocycles. The van der Waals surface area contributed by atoms with Gasteiger partial charge in [-0.15, -0.1) is 0 Å². The Bertz CT molecular complexity index is 1200. The van der Waals surface area contributed by atoms with Gasteiger partial charge in [-0.05, 0) is 43.3 Å². The Hall–Kier alpha value is -3.14. The fourth-order valence-electron chi connectivity index (χ4n) is 1.96. The van der Waals surface area contributed by atoms with E-state index in [9.17, 15) is 35.2 Å². The molecule has 2 rings (SSSR count). The fraction of sp³-hybridized carbons (Fsp3) is 0.125. The van der Waals surface area contributed by atoms with E-state index in [1.807, 2.05) is 5.32 Å². The Balaban J connectivity index is 0.000000343. The molecule has 0 aliphatic rings. The van der Waals surface area contributed by atoms with Crippen molar-refractivity contribution in [3.8, 4) is 0 Å². The SMILES string of the molecule is CCOC(=O)C(=O)Nc1ccc(F)cc1S(N)(=O)=O.Nc1ccc(F)cc1S(N)(=O)=O. The number of nitrogens with two attached hydrogens (primary N) is 3. The number of amides is 1. The van der Waals surface area contributed by atoms with Crippen molar-refractivity contribution in [2.75, 3.05) is 17.7 Å². The van der Waals surface area contributed by atoms with Crippen molar-refractivity contribution >= 4 is 43.3 Å². The number of nitrogens with one attached hydrogen (secondary N) is 1. The maximum atomic E-state index is 13.0. The van der Waals surface area contributed by atoms with E-state index < -0.39 is 48.5 Å². The summed E-state index contributed by atoms with van der Waals surface area (Å²) < 4.78 is 73.8. The van der Waals surface area contributed by atoms with E-state index in [1.165, 1.54) is 6.92 Å². The van der Waals surface area contributed by atoms with Crippen LogP contribution in [0.5, 0.6) is 0 Å². The largest absolute Gasteiger partial charge is 0.459 e. The molecule has 0 unspecified atom stereocenters. The number of nitrogen functional groups attached to an aromatic ring is 1. The Morgan fingerprint density at radius 1 is 0.935 bits per heavy atom. The summed E-state index contributed by atoms with van der Waals surface area (Å²) in [6.45, 7) is 1.48. The monoisotopic (exact) mass is 480 g/mol. The molecule has 0 radical (unpaired) electrons. The molecule has 11 nitrogen and oxygen atoms in total. The van der Waals surface area contributed by atoms with Gasteiger partial charge in [0.1, 0.15) is 21.4 Å². The van der Waals surface area contributed by atoms with E-state index in [0.717, 1.165) is 30.3 Å². The van der Waals surface area contributed by atoms with Gasteiger partial charge in [0.25, 0.3) is 0 Å². The molecule has 0 fully saturated rings. The normalized spacial score (nSPS) is 11.1. The molecule has 0 spiro atoms. The number of rotatable bonds is 4. The number of anilines is 2. The van der Waals surface area contributed by atoms with Crippen molar-refractivity contribution in [1.29, 1.82) is 0 Å². The van der Waals surface area contributed by atoms with Crippen molar-refractivity contribution in [3.05, 3.63) is 48.0 Å². The van der Waals surface area contributed by atoms with E-state index >= 15 is 0 Å². The summed E-state index contributed by atoms with van der Waals surface area (Å²) in [5, 5.41) is 11.6. The van der Waals surface area contributed by atoms with Crippen LogP contribution in [0.25, 0.3) is 0 Å². The lowest BCUT2D eigenvalue weighted by atomic mass is 10.3. The number of ether oxygens (including phenoxy) is 1. The molecule has 0 heterocycles. The first-order chi connectivity index (χ1) is 14.2. The number of carbonyl (C=O) groups is 2. The first-order valence-corrected chi connectivity index (χ1v) is 11.1. The average molecular weight is 480 g/mol. The second-order valence-electron chi connectivity index (χ2n) is 5.59. The van der Waals surface area contributed by atoms with Crippen LogP contribution in [0.4, 0.5) is 20.2 Å². The highest BCUT2D eigenvalue weighted by Crippen LogP contribution is 2.21. The van der Waals surface area contributed by atoms with Crippen LogP contribution in [0.1, 0.15) is 6.92 Å². The quantitative estimate of drug-likeness (QED) is 0.266. The van der Waals surface area contributed by atoms with Crippen LogP contribution >= 0.6 is 0 Å². The van der Waals surface area contributed by atoms with Crippen LogP contribution < -0.4 is 21.3 Å². The zero-order valence-corrected chi connectivity index (χ0v) is 17.5. The number of hydrogen-bond donors (Lipinski definition) is 4. The van der Waals surface area contributed by atoms with Crippen molar-refractivity contribution in [2.45, 2.75) is 16.7 Å². The molecule has 0 aliphatic heterocycles. The van der Waals surface area contributed by atoms with Crippen molar-refractivity contribution in [3.63, 3.8) is 0 Å². The van der Waals surface area contributed by atoms with E-state index in [-0.39, 0.29) is 22.9 Å². The predicted octanol–water partition coefficient (Wildman–Crippen LogP) is 0.0300. The van der Waals surface area contributed by atoms with Crippen LogP contribution in [0, 0.1) is 11.6 Å². The van der Waals surface area contributed by atoms with Gasteiger partial charge < -0.3 is 15.8 Å². The van der Waals surface area contributed by atoms with Crippen molar-refractivity contribution in [2.24, 2.45) is 10.3 Å². The molecule has 1 amide bonds. The summed E-state index contributed by atoms with van der Waals surface area (Å²) in [6, 6.07) is 5.52. The third-order valence-electron chi connectivity index (χ3n) is 3.24. The van der Waals surface area contributed by atoms with Crippen LogP contribution in [0.2, 0.25) is 0 Å². The van der Waals surface area contributed by atoms with E-state index in [2.05, 4.69) is 4.74 Å². The van der Waals surface area contributed by atoms with Gasteiger partial charge in [-0.3, -0.25) is 4.79 Å². The summed E-state index contributed by atoms with van der Waals surface area (Å²) in [5.41, 5.74) is 4.89. The first-order valence-electron chi connectivity index (χ1n) is 8.05. The minimum atomic E-state index is -4.25. The van der Waals surface area contributed by atoms with E-state index in [0.29, 0.717) is 6.07 Å². The molecule has 0 saturated carbocycles. The summed E-state index contributed by atoms with van der Waals surface area (Å²) in [7, 11) is -8.17. The highest BCUT2D eigenvalue weighted by Gasteiger charge is 2.21. The molecule has 0 bridgehead atoms. The second-order valence-corrected chi connectivity index (χ2v) is 8.65. The number of sulfonamides is 2. The van der Waals surface area contributed by atoms with Crippen molar-refractivity contribution in [1.82, 2.24) is 0 Å². The average Bonchev–Trinajstić information content (AvgIpc) is 2.64. The number of benzene rings is 2. The second kappa shape index (κ2) is 10.3. The molecule has 2 aromatic carbocycles. The first kappa shape index (κ1) is 25.9. The summed E-state index contributed by atoms with van der Waals surface area (Å²) in [5.74, 6) is -3.91. The molecule has 31 heavy (non-hydrogen) atoms. The van der Waals surface area contributed by atoms with E-state index in [1.54, 1.807) is 0 Å². The molecule has 170 valence electrons. The highest BCUT2D eigenvalue weighted by atomic mass is 32.2. The van der Waals surface area contributed by atoms with Gasteiger partial charge in [0.15, 0.2) is 0 Å². The molecule has 0 aliphatic carbocycles. The van der Waals surface area contributed by atoms with Gasteiger partial charge in [-0.1, -0.05) is 0 Å². The number of hydrogen-bond acceptors (Lipinski definition) is 8. The van der Waals surface area contributed by atoms with Gasteiger partial charge in [0.2, 0.25) is 20.0 Å². The maximum Gasteiger partial charge on any atom is 0.397 e. The molecule has 2 aromatic rings. The number of halogens is 2. The molecular weight excluding hydrogens is 462 g/mol. The molecule has 7 N–H and O–H groups in total. The number of carbonyl (C=O) groups excluding carboxylic acids is 2. The molecule has 0 atom stereocenters. The zero-order valence-electron chi connectivity index (χ0n) is 15.8. The highest BCUT2D eigenvalue weighted by molar-refractivity contribution is 7.89. The zero-order chi connectivity index (χ0) is 24.0. The topological polar surface area (TPSA) is 202 Å². The molecule has 0 aromatic heterocycles. The number of esters is 1. The molecular formula is C16H18F2N4O7S2. The number of primary sulfonamides is 2. The predicted molar refractivity (Wildman–Crippen MR) is 105 cm³/mol. The third-order valence-corrected chi connectivity index (χ3v) is 5.16. The van der Waals surface area contributed by atoms with Gasteiger partial charge in [0, 0.05) is 0 Å². The van der Waals surface area contributed by atoms with Crippen LogP contribution in [0.3, 0.4) is 0 Å². The summed E-state index contributed by atoms with van der Waals surface area (Å²) in [6.07, 6.45) is 0. The van der Waals surface area contributed by atoms with Gasteiger partial charge in [-0.2, -0.15) is 0 Å². The fourth-order valence-corrected chi connectivity index (χ4v) is 3.34. The Labute approximate surface area is 176 Å². The van der Waals surface area contributed by atoms with Gasteiger partial charge in [-0.25, -0.2) is 40.7 Å². The van der Waals surface area contributed by atoms with E-state index in [4.69, 9.17) is 16.0 Å². The standard InChI is InChI=1S/C10H11FN2O5S.C6H7FN2O2S/c1-2-18-10(15)9(14)13-7-4-3-6(11)5-8(7)19(12,16)17;7-4-1-2-5(8)6(3-4)12(9,10)11/h3-5H,2H2,1H3,(H,13,14)(H2,12,16,17);1-3H,8H2,(H2,9,10,11). The van der Waals surface area contributed by atoms with Crippen molar-refractivity contribution < 1.29 is 39.9 Å².